The van der Waals surface area contributed by atoms with Crippen LogP contribution in [-0.2, 0) is 0 Å². The zero-order chi connectivity index (χ0) is 13.0. The number of hydrogen-bond acceptors (Lipinski definition) is 2. The molecule has 1 aliphatic carbocycles. The van der Waals surface area contributed by atoms with Gasteiger partial charge in [-0.2, -0.15) is 0 Å². The topological polar surface area (TPSA) is 40.5 Å². The summed E-state index contributed by atoms with van der Waals surface area (Å²) in [6.45, 7) is 11.9. The Morgan fingerprint density at radius 2 is 2.00 bits per heavy atom. The van der Waals surface area contributed by atoms with Crippen molar-refractivity contribution < 1.29 is 10.2 Å². The predicted octanol–water partition coefficient (Wildman–Crippen LogP) is 2.98. The summed E-state index contributed by atoms with van der Waals surface area (Å²) in [5.74, 6) is 0.301. The van der Waals surface area contributed by atoms with Gasteiger partial charge in [-0.15, -0.1) is 0 Å². The third-order valence-corrected chi connectivity index (χ3v) is 3.64. The monoisotopic (exact) mass is 236 g/mol. The molecule has 3 atom stereocenters. The Bertz CT molecular complexity index is 328. The maximum absolute atomic E-state index is 10.0. The summed E-state index contributed by atoms with van der Waals surface area (Å²) in [7, 11) is 0. The molecule has 0 radical (unpaired) electrons. The predicted molar refractivity (Wildman–Crippen MR) is 71.7 cm³/mol. The first-order chi connectivity index (χ1) is 7.91. The molecule has 0 aromatic rings. The van der Waals surface area contributed by atoms with Gasteiger partial charge in [-0.05, 0) is 51.0 Å². The van der Waals surface area contributed by atoms with Gasteiger partial charge in [0.25, 0.3) is 0 Å². The fourth-order valence-electron chi connectivity index (χ4n) is 2.18. The molecular weight excluding hydrogens is 212 g/mol. The van der Waals surface area contributed by atoms with Crippen LogP contribution in [-0.4, -0.2) is 22.4 Å². The molecule has 0 spiro atoms. The maximum Gasteiger partial charge on any atom is 0.0806 e. The van der Waals surface area contributed by atoms with Crippen LogP contribution in [0.5, 0.6) is 0 Å². The van der Waals surface area contributed by atoms with Crippen molar-refractivity contribution in [1.29, 1.82) is 0 Å². The SMILES string of the molecule is C=C1C(O)CC=C(C)CCC(C(=C)C)CC1O. The highest BCUT2D eigenvalue weighted by Gasteiger charge is 2.22. The number of aliphatic hydroxyl groups excluding tert-OH is 2. The Morgan fingerprint density at radius 1 is 1.35 bits per heavy atom. The normalized spacial score (nSPS) is 31.9. The van der Waals surface area contributed by atoms with E-state index < -0.39 is 12.2 Å². The van der Waals surface area contributed by atoms with Crippen molar-refractivity contribution in [3.63, 3.8) is 0 Å². The van der Waals surface area contributed by atoms with Crippen LogP contribution in [0.2, 0.25) is 0 Å². The standard InChI is InChI=1S/C15H24O2/c1-10(2)13-7-5-11(3)6-8-14(16)12(4)15(17)9-13/h6,13-17H,1,4-5,7-9H2,2-3H3. The molecule has 0 saturated heterocycles. The molecule has 1 rings (SSSR count). The van der Waals surface area contributed by atoms with Crippen LogP contribution in [0.25, 0.3) is 0 Å². The van der Waals surface area contributed by atoms with Crippen molar-refractivity contribution in [3.05, 3.63) is 36.0 Å². The van der Waals surface area contributed by atoms with E-state index in [0.717, 1.165) is 18.4 Å². The highest BCUT2D eigenvalue weighted by atomic mass is 16.3. The summed E-state index contributed by atoms with van der Waals surface area (Å²) in [6, 6.07) is 0. The summed E-state index contributed by atoms with van der Waals surface area (Å²) in [4.78, 5) is 0. The van der Waals surface area contributed by atoms with Crippen molar-refractivity contribution >= 4 is 0 Å². The quantitative estimate of drug-likeness (QED) is 0.687. The number of hydrogen-bond donors (Lipinski definition) is 2. The molecule has 17 heavy (non-hydrogen) atoms. The van der Waals surface area contributed by atoms with Crippen molar-refractivity contribution in [3.8, 4) is 0 Å². The Kier molecular flexibility index (Phi) is 5.16. The summed E-state index contributed by atoms with van der Waals surface area (Å²) in [5.41, 5.74) is 2.92. The molecule has 96 valence electrons. The van der Waals surface area contributed by atoms with Crippen LogP contribution in [0, 0.1) is 5.92 Å². The van der Waals surface area contributed by atoms with Crippen LogP contribution in [0.15, 0.2) is 36.0 Å². The summed E-state index contributed by atoms with van der Waals surface area (Å²) >= 11 is 0. The molecule has 0 heterocycles. The lowest BCUT2D eigenvalue weighted by Gasteiger charge is -2.25. The van der Waals surface area contributed by atoms with Crippen molar-refractivity contribution in [2.45, 2.75) is 51.7 Å². The smallest absolute Gasteiger partial charge is 0.0806 e. The van der Waals surface area contributed by atoms with Gasteiger partial charge in [-0.25, -0.2) is 0 Å². The average molecular weight is 236 g/mol. The van der Waals surface area contributed by atoms with E-state index in [1.165, 1.54) is 5.57 Å². The molecule has 1 aliphatic rings. The lowest BCUT2D eigenvalue weighted by Crippen LogP contribution is -2.24. The molecule has 2 nitrogen and oxygen atoms in total. The first kappa shape index (κ1) is 14.2. The van der Waals surface area contributed by atoms with Gasteiger partial charge >= 0.3 is 0 Å². The minimum absolute atomic E-state index is 0.301. The second-order valence-corrected chi connectivity index (χ2v) is 5.21. The first-order valence-electron chi connectivity index (χ1n) is 6.27. The second kappa shape index (κ2) is 6.18. The third kappa shape index (κ3) is 4.14. The number of rotatable bonds is 1. The lowest BCUT2D eigenvalue weighted by atomic mass is 9.85. The fourth-order valence-corrected chi connectivity index (χ4v) is 2.18. The molecule has 2 heteroatoms. The molecule has 2 N–H and O–H groups in total. The Hall–Kier alpha value is -0.860. The molecular formula is C15H24O2. The Morgan fingerprint density at radius 3 is 2.59 bits per heavy atom. The summed E-state index contributed by atoms with van der Waals surface area (Å²) in [5, 5.41) is 19.9. The molecule has 0 aromatic heterocycles. The minimum Gasteiger partial charge on any atom is -0.389 e. The van der Waals surface area contributed by atoms with Crippen LogP contribution < -0.4 is 0 Å². The van der Waals surface area contributed by atoms with E-state index >= 15 is 0 Å². The van der Waals surface area contributed by atoms with E-state index in [-0.39, 0.29) is 0 Å². The number of allylic oxidation sites excluding steroid dienone is 2. The zero-order valence-corrected chi connectivity index (χ0v) is 10.9. The van der Waals surface area contributed by atoms with Gasteiger partial charge in [0.15, 0.2) is 0 Å². The lowest BCUT2D eigenvalue weighted by molar-refractivity contribution is 0.128. The van der Waals surface area contributed by atoms with Gasteiger partial charge in [0.05, 0.1) is 12.2 Å². The van der Waals surface area contributed by atoms with Crippen molar-refractivity contribution in [1.82, 2.24) is 0 Å². The fraction of sp³-hybridized carbons (Fsp3) is 0.600. The van der Waals surface area contributed by atoms with E-state index in [1.807, 2.05) is 13.0 Å². The van der Waals surface area contributed by atoms with Gasteiger partial charge in [-0.3, -0.25) is 0 Å². The molecule has 0 bridgehead atoms. The minimum atomic E-state index is -0.635. The van der Waals surface area contributed by atoms with Gasteiger partial charge in [0.2, 0.25) is 0 Å². The van der Waals surface area contributed by atoms with E-state index in [1.54, 1.807) is 0 Å². The highest BCUT2D eigenvalue weighted by Crippen LogP contribution is 2.28. The van der Waals surface area contributed by atoms with Gasteiger partial charge in [0, 0.05) is 0 Å². The number of aliphatic hydroxyl groups is 2. The van der Waals surface area contributed by atoms with Crippen molar-refractivity contribution in [2.24, 2.45) is 5.92 Å². The molecule has 0 amide bonds. The molecule has 3 unspecified atom stereocenters. The zero-order valence-electron chi connectivity index (χ0n) is 10.9. The molecule has 0 aliphatic heterocycles. The summed E-state index contributed by atoms with van der Waals surface area (Å²) in [6.07, 6.45) is 3.98. The van der Waals surface area contributed by atoms with Gasteiger partial charge in [-0.1, -0.05) is 30.4 Å². The van der Waals surface area contributed by atoms with Gasteiger partial charge in [0.1, 0.15) is 0 Å². The first-order valence-corrected chi connectivity index (χ1v) is 6.27. The Labute approximate surface area is 104 Å². The maximum atomic E-state index is 10.0. The van der Waals surface area contributed by atoms with Crippen LogP contribution in [0.1, 0.15) is 39.5 Å². The third-order valence-electron chi connectivity index (χ3n) is 3.64. The molecule has 0 saturated carbocycles. The average Bonchev–Trinajstić information content (AvgIpc) is 2.28. The van der Waals surface area contributed by atoms with E-state index in [9.17, 15) is 10.2 Å². The Balaban J connectivity index is 2.86. The largest absolute Gasteiger partial charge is 0.389 e. The second-order valence-electron chi connectivity index (χ2n) is 5.21. The highest BCUT2D eigenvalue weighted by molar-refractivity contribution is 5.15. The summed E-state index contributed by atoms with van der Waals surface area (Å²) < 4.78 is 0. The van der Waals surface area contributed by atoms with Crippen LogP contribution in [0.3, 0.4) is 0 Å². The van der Waals surface area contributed by atoms with E-state index in [2.05, 4.69) is 20.1 Å². The molecule has 0 fully saturated rings. The van der Waals surface area contributed by atoms with Crippen LogP contribution in [0.4, 0.5) is 0 Å². The van der Waals surface area contributed by atoms with Crippen LogP contribution >= 0.6 is 0 Å². The van der Waals surface area contributed by atoms with E-state index in [0.29, 0.717) is 24.3 Å². The molecule has 0 aromatic carbocycles. The van der Waals surface area contributed by atoms with Gasteiger partial charge < -0.3 is 10.2 Å². The van der Waals surface area contributed by atoms with Crippen molar-refractivity contribution in [2.75, 3.05) is 0 Å². The van der Waals surface area contributed by atoms with E-state index in [4.69, 9.17) is 0 Å².